The van der Waals surface area contributed by atoms with Gasteiger partial charge in [-0.05, 0) is 57.2 Å². The zero-order chi connectivity index (χ0) is 28.3. The van der Waals surface area contributed by atoms with Crippen molar-refractivity contribution in [2.24, 2.45) is 0 Å². The molecule has 0 aliphatic rings. The van der Waals surface area contributed by atoms with Crippen LogP contribution in [0.2, 0.25) is 5.02 Å². The number of sulfonamides is 1. The molecule has 0 saturated heterocycles. The van der Waals surface area contributed by atoms with E-state index in [-0.39, 0.29) is 44.0 Å². The molecule has 3 N–H and O–H groups in total. The predicted molar refractivity (Wildman–Crippen MR) is 140 cm³/mol. The fraction of sp³-hybridized carbons (Fsp3) is 0.231. The first-order valence-corrected chi connectivity index (χ1v) is 13.1. The predicted octanol–water partition coefficient (Wildman–Crippen LogP) is 5.24. The lowest BCUT2D eigenvalue weighted by molar-refractivity contribution is -0.136. The fourth-order valence-corrected chi connectivity index (χ4v) is 4.82. The number of hydrogen-bond acceptors (Lipinski definition) is 6. The molecule has 3 rings (SSSR count). The summed E-state index contributed by atoms with van der Waals surface area (Å²) in [4.78, 5) is 23.6. The van der Waals surface area contributed by atoms with Gasteiger partial charge in [-0.15, -0.1) is 0 Å². The number of carbonyl (C=O) groups excluding carboxylic acids is 1. The number of anilines is 1. The van der Waals surface area contributed by atoms with E-state index in [0.717, 1.165) is 12.1 Å². The lowest BCUT2D eigenvalue weighted by atomic mass is 10.1. The van der Waals surface area contributed by atoms with Crippen LogP contribution in [0.3, 0.4) is 0 Å². The molecule has 0 atom stereocenters. The summed E-state index contributed by atoms with van der Waals surface area (Å²) in [5, 5.41) is 11.6. The Morgan fingerprint density at radius 1 is 1.03 bits per heavy atom. The van der Waals surface area contributed by atoms with Gasteiger partial charge in [0, 0.05) is 22.7 Å². The van der Waals surface area contributed by atoms with E-state index in [1.807, 2.05) is 0 Å². The Labute approximate surface area is 224 Å². The lowest BCUT2D eigenvalue weighted by Gasteiger charge is -2.21. The van der Waals surface area contributed by atoms with Crippen LogP contribution in [0.15, 0.2) is 59.5 Å². The van der Waals surface area contributed by atoms with Crippen LogP contribution in [0.1, 0.15) is 36.7 Å². The number of ether oxygens (including phenoxy) is 2. The minimum atomic E-state index is -4.25. The van der Waals surface area contributed by atoms with Crippen LogP contribution in [0, 0.1) is 5.82 Å². The number of benzene rings is 3. The molecule has 9 nitrogen and oxygen atoms in total. The normalized spacial score (nSPS) is 11.5. The van der Waals surface area contributed by atoms with Crippen molar-refractivity contribution in [3.8, 4) is 17.2 Å². The van der Waals surface area contributed by atoms with Crippen LogP contribution in [0.25, 0.3) is 0 Å². The molecule has 0 saturated carbocycles. The first-order valence-electron chi connectivity index (χ1n) is 11.2. The summed E-state index contributed by atoms with van der Waals surface area (Å²) >= 11 is 6.21. The fourth-order valence-electron chi connectivity index (χ4n) is 3.36. The SMILES string of the molecule is COc1ccccc1S(=O)(=O)Nc1cc(C(=O)NC(C)(C)C)ccc1Oc1cc(F)c(CC(=O)O)cc1Cl. The summed E-state index contributed by atoms with van der Waals surface area (Å²) < 4.78 is 54.4. The number of aliphatic carboxylic acids is 1. The van der Waals surface area contributed by atoms with Crippen LogP contribution >= 0.6 is 11.6 Å². The molecule has 3 aromatic carbocycles. The number of halogens is 2. The average molecular weight is 565 g/mol. The number of nitrogens with one attached hydrogen (secondary N) is 2. The number of carbonyl (C=O) groups is 2. The van der Waals surface area contributed by atoms with Crippen molar-refractivity contribution in [3.05, 3.63) is 76.6 Å². The van der Waals surface area contributed by atoms with E-state index >= 15 is 0 Å². The number of carboxylic acid groups (broad SMARTS) is 1. The number of methoxy groups -OCH3 is 1. The third kappa shape index (κ3) is 7.14. The highest BCUT2D eigenvalue weighted by atomic mass is 35.5. The van der Waals surface area contributed by atoms with Gasteiger partial charge in [-0.2, -0.15) is 0 Å². The molecule has 0 aromatic heterocycles. The number of amides is 1. The number of hydrogen-bond donors (Lipinski definition) is 3. The molecule has 0 bridgehead atoms. The smallest absolute Gasteiger partial charge is 0.307 e. The summed E-state index contributed by atoms with van der Waals surface area (Å²) in [7, 11) is -2.92. The summed E-state index contributed by atoms with van der Waals surface area (Å²) in [6.45, 7) is 5.37. The van der Waals surface area contributed by atoms with Crippen molar-refractivity contribution in [1.82, 2.24) is 5.32 Å². The highest BCUT2D eigenvalue weighted by molar-refractivity contribution is 7.92. The molecule has 12 heteroatoms. The minimum absolute atomic E-state index is 0.0863. The van der Waals surface area contributed by atoms with E-state index in [2.05, 4.69) is 10.0 Å². The lowest BCUT2D eigenvalue weighted by Crippen LogP contribution is -2.40. The molecule has 38 heavy (non-hydrogen) atoms. The first kappa shape index (κ1) is 28.7. The molecular weight excluding hydrogens is 539 g/mol. The molecule has 0 unspecified atom stereocenters. The number of para-hydroxylation sites is 1. The van der Waals surface area contributed by atoms with Gasteiger partial charge in [0.05, 0.1) is 24.2 Å². The molecule has 3 aromatic rings. The second kappa shape index (κ2) is 11.3. The van der Waals surface area contributed by atoms with Crippen molar-refractivity contribution >= 4 is 39.2 Å². The summed E-state index contributed by atoms with van der Waals surface area (Å²) in [5.41, 5.74) is -0.727. The third-order valence-electron chi connectivity index (χ3n) is 5.00. The van der Waals surface area contributed by atoms with Gasteiger partial charge < -0.3 is 19.9 Å². The van der Waals surface area contributed by atoms with Crippen LogP contribution in [0.5, 0.6) is 17.2 Å². The molecule has 0 heterocycles. The van der Waals surface area contributed by atoms with Gasteiger partial charge in [-0.1, -0.05) is 23.7 Å². The van der Waals surface area contributed by atoms with E-state index < -0.39 is 39.7 Å². The Kier molecular flexibility index (Phi) is 8.53. The second-order valence-electron chi connectivity index (χ2n) is 9.22. The van der Waals surface area contributed by atoms with E-state index in [0.29, 0.717) is 0 Å². The Balaban J connectivity index is 2.08. The summed E-state index contributed by atoms with van der Waals surface area (Å²) in [6, 6.07) is 12.0. The highest BCUT2D eigenvalue weighted by Gasteiger charge is 2.24. The molecule has 0 spiro atoms. The standard InChI is InChI=1S/C26H26ClFN2O7S/c1-26(2,3)29-25(33)15-9-10-20(37-22-14-18(28)16(11-17(22)27)13-24(31)32)19(12-15)30-38(34,35)23-8-6-5-7-21(23)36-4/h5-12,14,30H,13H2,1-4H3,(H,29,33)(H,31,32). The zero-order valence-corrected chi connectivity index (χ0v) is 22.5. The molecule has 1 amide bonds. The Morgan fingerprint density at radius 2 is 1.71 bits per heavy atom. The highest BCUT2D eigenvalue weighted by Crippen LogP contribution is 2.37. The quantitative estimate of drug-likeness (QED) is 0.324. The van der Waals surface area contributed by atoms with Crippen molar-refractivity contribution < 1.29 is 37.0 Å². The van der Waals surface area contributed by atoms with Gasteiger partial charge >= 0.3 is 5.97 Å². The van der Waals surface area contributed by atoms with E-state index in [1.54, 1.807) is 26.8 Å². The van der Waals surface area contributed by atoms with Crippen LogP contribution in [0.4, 0.5) is 10.1 Å². The van der Waals surface area contributed by atoms with Crippen LogP contribution in [-0.4, -0.2) is 38.0 Å². The maximum atomic E-state index is 14.5. The zero-order valence-electron chi connectivity index (χ0n) is 21.0. The van der Waals surface area contributed by atoms with E-state index in [4.69, 9.17) is 26.2 Å². The molecule has 0 aliphatic carbocycles. The summed E-state index contributed by atoms with van der Waals surface area (Å²) in [6.07, 6.45) is -0.590. The first-order chi connectivity index (χ1) is 17.7. The second-order valence-corrected chi connectivity index (χ2v) is 11.3. The molecular formula is C26H26ClFN2O7S. The Morgan fingerprint density at radius 3 is 2.34 bits per heavy atom. The van der Waals surface area contributed by atoms with E-state index in [9.17, 15) is 22.4 Å². The van der Waals surface area contributed by atoms with Gasteiger partial charge in [-0.25, -0.2) is 12.8 Å². The maximum Gasteiger partial charge on any atom is 0.307 e. The van der Waals surface area contributed by atoms with Gasteiger partial charge in [0.15, 0.2) is 5.75 Å². The van der Waals surface area contributed by atoms with Crippen LogP contribution < -0.4 is 19.5 Å². The third-order valence-corrected chi connectivity index (χ3v) is 6.70. The minimum Gasteiger partial charge on any atom is -0.495 e. The monoisotopic (exact) mass is 564 g/mol. The Hall–Kier alpha value is -3.83. The average Bonchev–Trinajstić information content (AvgIpc) is 2.81. The van der Waals surface area contributed by atoms with Crippen molar-refractivity contribution in [2.75, 3.05) is 11.8 Å². The topological polar surface area (TPSA) is 131 Å². The van der Waals surface area contributed by atoms with Gasteiger partial charge in [-0.3, -0.25) is 14.3 Å². The summed E-state index contributed by atoms with van der Waals surface area (Å²) in [5.74, 6) is -2.78. The largest absolute Gasteiger partial charge is 0.495 e. The molecule has 202 valence electrons. The molecule has 0 radical (unpaired) electrons. The van der Waals surface area contributed by atoms with Gasteiger partial charge in [0.25, 0.3) is 15.9 Å². The Bertz CT molecular complexity index is 1490. The number of carboxylic acids is 1. The van der Waals surface area contributed by atoms with Gasteiger partial charge in [0.2, 0.25) is 0 Å². The molecule has 0 fully saturated rings. The van der Waals surface area contributed by atoms with Gasteiger partial charge in [0.1, 0.15) is 22.2 Å². The number of rotatable bonds is 9. The van der Waals surface area contributed by atoms with Crippen molar-refractivity contribution in [1.29, 1.82) is 0 Å². The van der Waals surface area contributed by atoms with E-state index in [1.165, 1.54) is 43.5 Å². The molecule has 0 aliphatic heterocycles. The van der Waals surface area contributed by atoms with Crippen molar-refractivity contribution in [3.63, 3.8) is 0 Å². The maximum absolute atomic E-state index is 14.5. The van der Waals surface area contributed by atoms with Crippen LogP contribution in [-0.2, 0) is 21.2 Å². The van der Waals surface area contributed by atoms with Crippen molar-refractivity contribution in [2.45, 2.75) is 37.6 Å².